The number of nitro benzene ring substituents is 1. The van der Waals surface area contributed by atoms with E-state index >= 15 is 0 Å². The lowest BCUT2D eigenvalue weighted by molar-refractivity contribution is -0.386. The predicted molar refractivity (Wildman–Crippen MR) is 104 cm³/mol. The molecule has 0 saturated heterocycles. The molecule has 0 heterocycles. The zero-order valence-electron chi connectivity index (χ0n) is 15.7. The van der Waals surface area contributed by atoms with Crippen LogP contribution in [-0.2, 0) is 22.4 Å². The number of rotatable bonds is 6. The monoisotopic (exact) mass is 368 g/mol. The molecule has 0 fully saturated rings. The molecule has 1 aliphatic rings. The Labute approximate surface area is 158 Å². The lowest BCUT2D eigenvalue weighted by Crippen LogP contribution is -2.20. The molecule has 6 nitrogen and oxygen atoms in total. The molecule has 0 radical (unpaired) electrons. The van der Waals surface area contributed by atoms with Gasteiger partial charge in [-0.25, -0.2) is 0 Å². The molecule has 2 aromatic carbocycles. The molecule has 1 unspecified atom stereocenters. The second kappa shape index (κ2) is 8.20. The van der Waals surface area contributed by atoms with Gasteiger partial charge in [0.15, 0.2) is 0 Å². The summed E-state index contributed by atoms with van der Waals surface area (Å²) in [5.41, 5.74) is 4.35. The van der Waals surface area contributed by atoms with Crippen molar-refractivity contribution in [2.45, 2.75) is 45.6 Å². The molecule has 0 saturated carbocycles. The van der Waals surface area contributed by atoms with Gasteiger partial charge in [-0.2, -0.15) is 0 Å². The van der Waals surface area contributed by atoms with E-state index in [-0.39, 0.29) is 29.7 Å². The van der Waals surface area contributed by atoms with Crippen molar-refractivity contribution < 1.29 is 14.5 Å². The Bertz CT molecular complexity index is 846. The van der Waals surface area contributed by atoms with Gasteiger partial charge in [0.1, 0.15) is 0 Å². The molecule has 1 aliphatic carbocycles. The van der Waals surface area contributed by atoms with Crippen LogP contribution in [0, 0.1) is 17.0 Å². The SMILES string of the molecule is CCOC(=O)Cc1ccc2c(c1[N+](=O)[O-])CCCC2Nc1ccc(C)cc1. The summed E-state index contributed by atoms with van der Waals surface area (Å²) in [4.78, 5) is 23.2. The van der Waals surface area contributed by atoms with Gasteiger partial charge >= 0.3 is 5.97 Å². The van der Waals surface area contributed by atoms with Crippen molar-refractivity contribution in [3.63, 3.8) is 0 Å². The van der Waals surface area contributed by atoms with E-state index in [1.54, 1.807) is 13.0 Å². The summed E-state index contributed by atoms with van der Waals surface area (Å²) in [6, 6.07) is 11.8. The van der Waals surface area contributed by atoms with Crippen molar-refractivity contribution in [3.8, 4) is 0 Å². The van der Waals surface area contributed by atoms with Gasteiger partial charge in [0.05, 0.1) is 24.0 Å². The number of hydrogen-bond donors (Lipinski definition) is 1. The minimum atomic E-state index is -0.439. The molecule has 0 spiro atoms. The number of aryl methyl sites for hydroxylation is 1. The van der Waals surface area contributed by atoms with Crippen molar-refractivity contribution in [2.75, 3.05) is 11.9 Å². The van der Waals surface area contributed by atoms with Gasteiger partial charge in [-0.3, -0.25) is 14.9 Å². The second-order valence-electron chi connectivity index (χ2n) is 6.84. The van der Waals surface area contributed by atoms with Gasteiger partial charge in [-0.05, 0) is 50.8 Å². The molecule has 0 bridgehead atoms. The van der Waals surface area contributed by atoms with Crippen LogP contribution in [0.1, 0.15) is 48.1 Å². The average molecular weight is 368 g/mol. The van der Waals surface area contributed by atoms with Crippen LogP contribution in [-0.4, -0.2) is 17.5 Å². The van der Waals surface area contributed by atoms with E-state index in [2.05, 4.69) is 5.32 Å². The van der Waals surface area contributed by atoms with Crippen molar-refractivity contribution in [1.29, 1.82) is 0 Å². The highest BCUT2D eigenvalue weighted by Crippen LogP contribution is 2.39. The van der Waals surface area contributed by atoms with Crippen LogP contribution >= 0.6 is 0 Å². The van der Waals surface area contributed by atoms with E-state index in [1.807, 2.05) is 37.3 Å². The first-order valence-electron chi connectivity index (χ1n) is 9.27. The lowest BCUT2D eigenvalue weighted by atomic mass is 9.84. The Morgan fingerprint density at radius 3 is 2.67 bits per heavy atom. The summed E-state index contributed by atoms with van der Waals surface area (Å²) in [6.07, 6.45) is 2.34. The van der Waals surface area contributed by atoms with Gasteiger partial charge in [0, 0.05) is 16.8 Å². The third kappa shape index (κ3) is 4.27. The molecule has 1 atom stereocenters. The van der Waals surface area contributed by atoms with Crippen LogP contribution < -0.4 is 5.32 Å². The summed E-state index contributed by atoms with van der Waals surface area (Å²) < 4.78 is 4.96. The van der Waals surface area contributed by atoms with Gasteiger partial charge in [-0.1, -0.05) is 29.8 Å². The van der Waals surface area contributed by atoms with E-state index in [1.165, 1.54) is 5.56 Å². The highest BCUT2D eigenvalue weighted by atomic mass is 16.6. The number of benzene rings is 2. The standard InChI is InChI=1S/C21H24N2O4/c1-3-27-20(24)13-15-9-12-17-18(21(15)23(25)26)5-4-6-19(17)22-16-10-7-14(2)8-11-16/h7-12,19,22H,3-6,13H2,1-2H3. The molecule has 1 N–H and O–H groups in total. The third-order valence-electron chi connectivity index (χ3n) is 4.91. The summed E-state index contributed by atoms with van der Waals surface area (Å²) in [6.45, 7) is 4.02. The molecule has 6 heteroatoms. The Morgan fingerprint density at radius 2 is 2.00 bits per heavy atom. The first-order chi connectivity index (χ1) is 13.0. The summed E-state index contributed by atoms with van der Waals surface area (Å²) in [5.74, 6) is -0.439. The molecular formula is C21H24N2O4. The highest BCUT2D eigenvalue weighted by Gasteiger charge is 2.30. The van der Waals surface area contributed by atoms with Crippen molar-refractivity contribution in [2.24, 2.45) is 0 Å². The van der Waals surface area contributed by atoms with E-state index < -0.39 is 5.97 Å². The molecular weight excluding hydrogens is 344 g/mol. The maximum Gasteiger partial charge on any atom is 0.310 e. The smallest absolute Gasteiger partial charge is 0.310 e. The van der Waals surface area contributed by atoms with Crippen LogP contribution in [0.15, 0.2) is 36.4 Å². The maximum atomic E-state index is 11.8. The fourth-order valence-corrected chi connectivity index (χ4v) is 3.67. The van der Waals surface area contributed by atoms with Crippen LogP contribution in [0.2, 0.25) is 0 Å². The van der Waals surface area contributed by atoms with E-state index in [0.29, 0.717) is 12.0 Å². The molecule has 27 heavy (non-hydrogen) atoms. The normalized spacial score (nSPS) is 15.7. The number of nitrogens with zero attached hydrogens (tertiary/aromatic N) is 1. The van der Waals surface area contributed by atoms with Crippen molar-refractivity contribution in [3.05, 3.63) is 68.8 Å². The third-order valence-corrected chi connectivity index (χ3v) is 4.91. The lowest BCUT2D eigenvalue weighted by Gasteiger charge is -2.27. The molecule has 0 aliphatic heterocycles. The quantitative estimate of drug-likeness (QED) is 0.461. The maximum absolute atomic E-state index is 11.8. The molecule has 142 valence electrons. The van der Waals surface area contributed by atoms with Gasteiger partial charge in [0.2, 0.25) is 0 Å². The van der Waals surface area contributed by atoms with Crippen molar-refractivity contribution in [1.82, 2.24) is 0 Å². The number of nitrogens with one attached hydrogen (secondary N) is 1. The first kappa shape index (κ1) is 18.9. The van der Waals surface area contributed by atoms with E-state index in [4.69, 9.17) is 4.74 Å². The zero-order chi connectivity index (χ0) is 19.4. The number of hydrogen-bond acceptors (Lipinski definition) is 5. The van der Waals surface area contributed by atoms with Crippen LogP contribution in [0.5, 0.6) is 0 Å². The summed E-state index contributed by atoms with van der Waals surface area (Å²) >= 11 is 0. The van der Waals surface area contributed by atoms with Gasteiger partial charge in [0.25, 0.3) is 5.69 Å². The Kier molecular flexibility index (Phi) is 5.74. The fourth-order valence-electron chi connectivity index (χ4n) is 3.67. The average Bonchev–Trinajstić information content (AvgIpc) is 2.63. The number of carbonyl (C=O) groups excluding carboxylic acids is 1. The number of fused-ring (bicyclic) bond motifs is 1. The topological polar surface area (TPSA) is 81.5 Å². The number of esters is 1. The fraction of sp³-hybridized carbons (Fsp3) is 0.381. The van der Waals surface area contributed by atoms with Crippen LogP contribution in [0.25, 0.3) is 0 Å². The Balaban J connectivity index is 1.93. The summed E-state index contributed by atoms with van der Waals surface area (Å²) in [5, 5.41) is 15.3. The van der Waals surface area contributed by atoms with E-state index in [0.717, 1.165) is 29.7 Å². The highest BCUT2D eigenvalue weighted by molar-refractivity contribution is 5.75. The Hall–Kier alpha value is -2.89. The number of carbonyl (C=O) groups is 1. The van der Waals surface area contributed by atoms with Crippen LogP contribution in [0.4, 0.5) is 11.4 Å². The predicted octanol–water partition coefficient (Wildman–Crippen LogP) is 4.50. The molecule has 0 amide bonds. The second-order valence-corrected chi connectivity index (χ2v) is 6.84. The minimum Gasteiger partial charge on any atom is -0.466 e. The minimum absolute atomic E-state index is 0.0202. The first-order valence-corrected chi connectivity index (χ1v) is 9.27. The van der Waals surface area contributed by atoms with E-state index in [9.17, 15) is 14.9 Å². The molecule has 0 aromatic heterocycles. The Morgan fingerprint density at radius 1 is 1.26 bits per heavy atom. The van der Waals surface area contributed by atoms with Gasteiger partial charge in [-0.15, -0.1) is 0 Å². The number of nitro groups is 1. The number of ether oxygens (including phenoxy) is 1. The molecule has 2 aromatic rings. The number of anilines is 1. The zero-order valence-corrected chi connectivity index (χ0v) is 15.7. The van der Waals surface area contributed by atoms with Crippen LogP contribution in [0.3, 0.4) is 0 Å². The molecule has 3 rings (SSSR count). The largest absolute Gasteiger partial charge is 0.466 e. The summed E-state index contributed by atoms with van der Waals surface area (Å²) in [7, 11) is 0. The van der Waals surface area contributed by atoms with Crippen molar-refractivity contribution >= 4 is 17.3 Å². The van der Waals surface area contributed by atoms with Gasteiger partial charge < -0.3 is 10.1 Å².